The van der Waals surface area contributed by atoms with Crippen LogP contribution in [0, 0.1) is 0 Å². The highest BCUT2D eigenvalue weighted by atomic mass is 19.4. The number of aliphatic carboxylic acids is 1. The minimum Gasteiger partial charge on any atom is -0.479 e. The number of carboxylic acids is 1. The number of anilines is 1. The molecule has 5 nitrogen and oxygen atoms in total. The molecule has 0 spiro atoms. The summed E-state index contributed by atoms with van der Waals surface area (Å²) in [6.07, 6.45) is -6.82. The number of aliphatic hydroxyl groups is 1. The Balaban J connectivity index is 3.22. The lowest BCUT2D eigenvalue weighted by atomic mass is 10.1. The Labute approximate surface area is 106 Å². The van der Waals surface area contributed by atoms with Crippen LogP contribution in [0.4, 0.5) is 18.9 Å². The highest BCUT2D eigenvalue weighted by Gasteiger charge is 2.32. The van der Waals surface area contributed by atoms with E-state index in [-0.39, 0.29) is 11.3 Å². The molecule has 0 saturated carbocycles. The van der Waals surface area contributed by atoms with E-state index in [1.165, 1.54) is 11.0 Å². The van der Waals surface area contributed by atoms with Gasteiger partial charge in [0.25, 0.3) is 0 Å². The van der Waals surface area contributed by atoms with Crippen molar-refractivity contribution in [1.29, 1.82) is 0 Å². The normalized spacial score (nSPS) is 12.9. The van der Waals surface area contributed by atoms with Gasteiger partial charge in [-0.15, -0.1) is 13.2 Å². The molecule has 8 heteroatoms. The Morgan fingerprint density at radius 3 is 2.37 bits per heavy atom. The fraction of sp³-hybridized carbons (Fsp3) is 0.364. The Kier molecular flexibility index (Phi) is 4.25. The monoisotopic (exact) mass is 279 g/mol. The van der Waals surface area contributed by atoms with Gasteiger partial charge in [0.05, 0.1) is 0 Å². The molecule has 0 aliphatic rings. The Morgan fingerprint density at radius 2 is 1.95 bits per heavy atom. The molecule has 0 heterocycles. The molecule has 1 aromatic carbocycles. The molecule has 1 atom stereocenters. The molecule has 0 saturated heterocycles. The van der Waals surface area contributed by atoms with E-state index in [4.69, 9.17) is 5.11 Å². The quantitative estimate of drug-likeness (QED) is 0.879. The smallest absolute Gasteiger partial charge is 0.479 e. The number of carboxylic acid groups (broad SMARTS) is 1. The van der Waals surface area contributed by atoms with E-state index in [0.29, 0.717) is 0 Å². The highest BCUT2D eigenvalue weighted by Crippen LogP contribution is 2.32. The number of benzene rings is 1. The minimum absolute atomic E-state index is 0.181. The molecule has 0 bridgehead atoms. The van der Waals surface area contributed by atoms with Crippen molar-refractivity contribution in [2.24, 2.45) is 0 Å². The maximum atomic E-state index is 12.1. The van der Waals surface area contributed by atoms with Gasteiger partial charge < -0.3 is 19.8 Å². The molecular formula is C11H12F3NO4. The van der Waals surface area contributed by atoms with Crippen molar-refractivity contribution in [3.05, 3.63) is 23.8 Å². The van der Waals surface area contributed by atoms with Gasteiger partial charge >= 0.3 is 12.3 Å². The van der Waals surface area contributed by atoms with Gasteiger partial charge in [-0.1, -0.05) is 0 Å². The summed E-state index contributed by atoms with van der Waals surface area (Å²) in [4.78, 5) is 12.2. The van der Waals surface area contributed by atoms with Crippen LogP contribution in [0.25, 0.3) is 0 Å². The van der Waals surface area contributed by atoms with Crippen molar-refractivity contribution in [2.45, 2.75) is 12.5 Å². The first-order valence-electron chi connectivity index (χ1n) is 5.09. The second kappa shape index (κ2) is 5.35. The predicted molar refractivity (Wildman–Crippen MR) is 60.0 cm³/mol. The third-order valence-corrected chi connectivity index (χ3v) is 2.24. The first-order valence-corrected chi connectivity index (χ1v) is 5.09. The Bertz CT molecular complexity index is 473. The summed E-state index contributed by atoms with van der Waals surface area (Å²) >= 11 is 0. The maximum Gasteiger partial charge on any atom is 0.573 e. The van der Waals surface area contributed by atoms with Gasteiger partial charge in [-0.2, -0.15) is 0 Å². The number of ether oxygens (including phenoxy) is 1. The number of carbonyl (C=O) groups is 1. The molecule has 0 aliphatic carbocycles. The minimum atomic E-state index is -4.88. The summed E-state index contributed by atoms with van der Waals surface area (Å²) in [5.41, 5.74) is 0.101. The van der Waals surface area contributed by atoms with Crippen LogP contribution < -0.4 is 9.64 Å². The van der Waals surface area contributed by atoms with Crippen LogP contribution in [-0.2, 0) is 4.79 Å². The van der Waals surface area contributed by atoms with Gasteiger partial charge in [0, 0.05) is 25.3 Å². The third kappa shape index (κ3) is 4.02. The SMILES string of the molecule is CN(C)c1ccc(OC(F)(F)F)cc1C(O)C(=O)O. The van der Waals surface area contributed by atoms with Crippen molar-refractivity contribution >= 4 is 11.7 Å². The molecule has 1 unspecified atom stereocenters. The number of rotatable bonds is 4. The lowest BCUT2D eigenvalue weighted by Crippen LogP contribution is -2.20. The van der Waals surface area contributed by atoms with Gasteiger partial charge in [0.2, 0.25) is 0 Å². The van der Waals surface area contributed by atoms with Gasteiger partial charge in [-0.3, -0.25) is 0 Å². The van der Waals surface area contributed by atoms with E-state index in [2.05, 4.69) is 4.74 Å². The summed E-state index contributed by atoms with van der Waals surface area (Å²) in [5, 5.41) is 18.2. The molecule has 106 valence electrons. The second-order valence-corrected chi connectivity index (χ2v) is 3.90. The number of alkyl halides is 3. The lowest BCUT2D eigenvalue weighted by molar-refractivity contribution is -0.274. The number of nitrogens with zero attached hydrogens (tertiary/aromatic N) is 1. The van der Waals surface area contributed by atoms with Crippen molar-refractivity contribution < 1.29 is 32.9 Å². The van der Waals surface area contributed by atoms with Crippen LogP contribution in [0.3, 0.4) is 0 Å². The molecule has 0 radical (unpaired) electrons. The summed E-state index contributed by atoms with van der Waals surface area (Å²) in [6, 6.07) is 3.13. The molecule has 0 amide bonds. The van der Waals surface area contributed by atoms with Crippen LogP contribution >= 0.6 is 0 Å². The van der Waals surface area contributed by atoms with Gasteiger partial charge in [-0.25, -0.2) is 4.79 Å². The zero-order chi connectivity index (χ0) is 14.8. The van der Waals surface area contributed by atoms with Crippen molar-refractivity contribution in [2.75, 3.05) is 19.0 Å². The van der Waals surface area contributed by atoms with Crippen LogP contribution in [0.15, 0.2) is 18.2 Å². The van der Waals surface area contributed by atoms with Crippen molar-refractivity contribution in [1.82, 2.24) is 0 Å². The zero-order valence-electron chi connectivity index (χ0n) is 10.1. The van der Waals surface area contributed by atoms with E-state index < -0.39 is 24.2 Å². The van der Waals surface area contributed by atoms with Crippen molar-refractivity contribution in [3.63, 3.8) is 0 Å². The van der Waals surface area contributed by atoms with Crippen molar-refractivity contribution in [3.8, 4) is 5.75 Å². The fourth-order valence-corrected chi connectivity index (χ4v) is 1.49. The van der Waals surface area contributed by atoms with Crippen LogP contribution in [0.2, 0.25) is 0 Å². The Hall–Kier alpha value is -1.96. The van der Waals surface area contributed by atoms with E-state index in [1.54, 1.807) is 14.1 Å². The standard InChI is InChI=1S/C11H12F3NO4/c1-15(2)8-4-3-6(19-11(12,13)14)5-7(8)9(16)10(17)18/h3-5,9,16H,1-2H3,(H,17,18). The maximum absolute atomic E-state index is 12.1. The average molecular weight is 279 g/mol. The number of hydrogen-bond acceptors (Lipinski definition) is 4. The molecule has 1 aromatic rings. The topological polar surface area (TPSA) is 70.0 Å². The van der Waals surface area contributed by atoms with E-state index in [9.17, 15) is 23.1 Å². The predicted octanol–water partition coefficient (Wildman–Crippen LogP) is 1.77. The number of hydrogen-bond donors (Lipinski definition) is 2. The van der Waals surface area contributed by atoms with E-state index in [0.717, 1.165) is 12.1 Å². The molecule has 0 aromatic heterocycles. The van der Waals surface area contributed by atoms with Crippen LogP contribution in [-0.4, -0.2) is 36.6 Å². The van der Waals surface area contributed by atoms with E-state index >= 15 is 0 Å². The highest BCUT2D eigenvalue weighted by molar-refractivity contribution is 5.77. The molecule has 19 heavy (non-hydrogen) atoms. The summed E-state index contributed by atoms with van der Waals surface area (Å²) in [7, 11) is 3.13. The molecule has 2 N–H and O–H groups in total. The van der Waals surface area contributed by atoms with Crippen LogP contribution in [0.5, 0.6) is 5.75 Å². The summed E-state index contributed by atoms with van der Waals surface area (Å²) in [5.74, 6) is -2.15. The third-order valence-electron chi connectivity index (χ3n) is 2.24. The summed E-state index contributed by atoms with van der Waals surface area (Å²) < 4.78 is 39.9. The van der Waals surface area contributed by atoms with Crippen LogP contribution in [0.1, 0.15) is 11.7 Å². The molecule has 0 fully saturated rings. The zero-order valence-corrected chi connectivity index (χ0v) is 10.1. The van der Waals surface area contributed by atoms with Gasteiger partial charge in [-0.05, 0) is 18.2 Å². The Morgan fingerprint density at radius 1 is 1.37 bits per heavy atom. The first kappa shape index (κ1) is 15.1. The molecule has 1 rings (SSSR count). The largest absolute Gasteiger partial charge is 0.573 e. The lowest BCUT2D eigenvalue weighted by Gasteiger charge is -2.20. The molecule has 0 aliphatic heterocycles. The van der Waals surface area contributed by atoms with Gasteiger partial charge in [0.1, 0.15) is 5.75 Å². The summed E-state index contributed by atoms with van der Waals surface area (Å²) in [6.45, 7) is 0. The average Bonchev–Trinajstić information content (AvgIpc) is 2.25. The number of halogens is 3. The second-order valence-electron chi connectivity index (χ2n) is 3.90. The van der Waals surface area contributed by atoms with E-state index in [1.807, 2.05) is 0 Å². The number of aliphatic hydroxyl groups excluding tert-OH is 1. The molecular weight excluding hydrogens is 267 g/mol. The first-order chi connectivity index (χ1) is 8.61. The van der Waals surface area contributed by atoms with Gasteiger partial charge in [0.15, 0.2) is 6.10 Å². The fourth-order valence-electron chi connectivity index (χ4n) is 1.49.